The molecule has 2 atom stereocenters. The summed E-state index contributed by atoms with van der Waals surface area (Å²) in [6.07, 6.45) is 0.866. The van der Waals surface area contributed by atoms with E-state index in [0.717, 1.165) is 12.0 Å². The highest BCUT2D eigenvalue weighted by atomic mass is 19.1. The van der Waals surface area contributed by atoms with E-state index in [0.29, 0.717) is 6.54 Å². The van der Waals surface area contributed by atoms with Gasteiger partial charge in [-0.3, -0.25) is 4.79 Å². The Morgan fingerprint density at radius 2 is 2.00 bits per heavy atom. The van der Waals surface area contributed by atoms with Crippen molar-refractivity contribution in [2.24, 2.45) is 11.7 Å². The number of carbonyl (C=O) groups is 1. The van der Waals surface area contributed by atoms with E-state index in [1.54, 1.807) is 12.1 Å². The number of hydrogen-bond acceptors (Lipinski definition) is 2. The highest BCUT2D eigenvalue weighted by Crippen LogP contribution is 2.06. The minimum atomic E-state index is -0.486. The summed E-state index contributed by atoms with van der Waals surface area (Å²) in [7, 11) is 0. The molecule has 0 aliphatic rings. The topological polar surface area (TPSA) is 55.1 Å². The van der Waals surface area contributed by atoms with Gasteiger partial charge < -0.3 is 11.1 Å². The van der Waals surface area contributed by atoms with Gasteiger partial charge in [-0.2, -0.15) is 0 Å². The molecule has 0 spiro atoms. The summed E-state index contributed by atoms with van der Waals surface area (Å²) in [6.45, 7) is 4.32. The van der Waals surface area contributed by atoms with Crippen LogP contribution in [0.5, 0.6) is 0 Å². The van der Waals surface area contributed by atoms with Gasteiger partial charge in [0, 0.05) is 6.54 Å². The first kappa shape index (κ1) is 13.6. The van der Waals surface area contributed by atoms with Gasteiger partial charge in [-0.25, -0.2) is 4.39 Å². The van der Waals surface area contributed by atoms with E-state index in [-0.39, 0.29) is 17.6 Å². The highest BCUT2D eigenvalue weighted by Gasteiger charge is 2.18. The molecular formula is C13H19FN2O. The Labute approximate surface area is 101 Å². The van der Waals surface area contributed by atoms with Gasteiger partial charge in [0.15, 0.2) is 0 Å². The summed E-state index contributed by atoms with van der Waals surface area (Å²) in [5.74, 6) is -0.289. The Kier molecular flexibility index (Phi) is 5.10. The van der Waals surface area contributed by atoms with Gasteiger partial charge in [0.05, 0.1) is 6.04 Å². The molecule has 0 fully saturated rings. The maximum absolute atomic E-state index is 12.7. The molecule has 4 heteroatoms. The lowest BCUT2D eigenvalue weighted by Crippen LogP contribution is -2.44. The fourth-order valence-electron chi connectivity index (χ4n) is 1.42. The Bertz CT molecular complexity index is 364. The molecule has 0 aliphatic carbocycles. The number of benzene rings is 1. The van der Waals surface area contributed by atoms with Crippen LogP contribution in [0, 0.1) is 11.7 Å². The van der Waals surface area contributed by atoms with Gasteiger partial charge >= 0.3 is 0 Å². The van der Waals surface area contributed by atoms with Crippen molar-refractivity contribution in [1.82, 2.24) is 5.32 Å². The third kappa shape index (κ3) is 4.15. The second-order valence-electron chi connectivity index (χ2n) is 4.26. The zero-order valence-corrected chi connectivity index (χ0v) is 10.2. The number of carbonyl (C=O) groups excluding carboxylic acids is 1. The number of rotatable bonds is 5. The lowest BCUT2D eigenvalue weighted by atomic mass is 9.99. The molecule has 0 radical (unpaired) electrons. The Hall–Kier alpha value is -1.42. The van der Waals surface area contributed by atoms with Crippen LogP contribution in [0.15, 0.2) is 24.3 Å². The van der Waals surface area contributed by atoms with Crippen LogP contribution in [0.3, 0.4) is 0 Å². The standard InChI is InChI=1S/C13H19FN2O/c1-3-9(2)12(15)13(17)16-8-10-4-6-11(14)7-5-10/h4-7,9,12H,3,8,15H2,1-2H3,(H,16,17)/t9-,12-/m0/s1. The van der Waals surface area contributed by atoms with Gasteiger partial charge in [0.1, 0.15) is 5.82 Å². The van der Waals surface area contributed by atoms with Gasteiger partial charge in [0.25, 0.3) is 0 Å². The van der Waals surface area contributed by atoms with Crippen LogP contribution in [0.4, 0.5) is 4.39 Å². The van der Waals surface area contributed by atoms with Gasteiger partial charge in [-0.1, -0.05) is 32.4 Å². The summed E-state index contributed by atoms with van der Waals surface area (Å²) in [4.78, 5) is 11.7. The average molecular weight is 238 g/mol. The van der Waals surface area contributed by atoms with Crippen molar-refractivity contribution >= 4 is 5.91 Å². The third-order valence-electron chi connectivity index (χ3n) is 2.94. The molecule has 0 unspecified atom stereocenters. The zero-order chi connectivity index (χ0) is 12.8. The van der Waals surface area contributed by atoms with Crippen molar-refractivity contribution in [3.8, 4) is 0 Å². The highest BCUT2D eigenvalue weighted by molar-refractivity contribution is 5.81. The molecule has 1 rings (SSSR count). The van der Waals surface area contributed by atoms with E-state index >= 15 is 0 Å². The average Bonchev–Trinajstić information content (AvgIpc) is 2.35. The van der Waals surface area contributed by atoms with Crippen LogP contribution in [0.25, 0.3) is 0 Å². The first-order chi connectivity index (χ1) is 8.04. The molecule has 94 valence electrons. The van der Waals surface area contributed by atoms with Crippen molar-refractivity contribution in [1.29, 1.82) is 0 Å². The lowest BCUT2D eigenvalue weighted by molar-refractivity contribution is -0.123. The van der Waals surface area contributed by atoms with Gasteiger partial charge in [-0.15, -0.1) is 0 Å². The SMILES string of the molecule is CC[C@H](C)[C@H](N)C(=O)NCc1ccc(F)cc1. The largest absolute Gasteiger partial charge is 0.351 e. The van der Waals surface area contributed by atoms with Crippen LogP contribution < -0.4 is 11.1 Å². The van der Waals surface area contributed by atoms with Crippen LogP contribution in [-0.2, 0) is 11.3 Å². The van der Waals surface area contributed by atoms with Crippen molar-refractivity contribution in [3.05, 3.63) is 35.6 Å². The van der Waals surface area contributed by atoms with Crippen molar-refractivity contribution in [3.63, 3.8) is 0 Å². The summed E-state index contributed by atoms with van der Waals surface area (Å²) < 4.78 is 12.7. The third-order valence-corrected chi connectivity index (χ3v) is 2.94. The summed E-state index contributed by atoms with van der Waals surface area (Å²) >= 11 is 0. The number of amides is 1. The van der Waals surface area contributed by atoms with E-state index in [9.17, 15) is 9.18 Å². The second kappa shape index (κ2) is 6.35. The van der Waals surface area contributed by atoms with Crippen LogP contribution in [-0.4, -0.2) is 11.9 Å². The molecule has 3 N–H and O–H groups in total. The number of hydrogen-bond donors (Lipinski definition) is 2. The Balaban J connectivity index is 2.45. The van der Waals surface area contributed by atoms with E-state index in [4.69, 9.17) is 5.73 Å². The molecule has 3 nitrogen and oxygen atoms in total. The molecule has 0 heterocycles. The van der Waals surface area contributed by atoms with Crippen molar-refractivity contribution < 1.29 is 9.18 Å². The van der Waals surface area contributed by atoms with Crippen molar-refractivity contribution in [2.45, 2.75) is 32.9 Å². The molecule has 0 saturated carbocycles. The molecule has 0 saturated heterocycles. The monoisotopic (exact) mass is 238 g/mol. The van der Waals surface area contributed by atoms with E-state index in [1.165, 1.54) is 12.1 Å². The Morgan fingerprint density at radius 1 is 1.41 bits per heavy atom. The van der Waals surface area contributed by atoms with E-state index in [1.807, 2.05) is 13.8 Å². The minimum Gasteiger partial charge on any atom is -0.351 e. The molecule has 0 bridgehead atoms. The molecule has 1 aromatic carbocycles. The van der Waals surface area contributed by atoms with Crippen molar-refractivity contribution in [2.75, 3.05) is 0 Å². The van der Waals surface area contributed by atoms with E-state index in [2.05, 4.69) is 5.32 Å². The summed E-state index contributed by atoms with van der Waals surface area (Å²) in [5.41, 5.74) is 6.64. The molecule has 1 aromatic rings. The normalized spacial score (nSPS) is 14.1. The summed E-state index contributed by atoms with van der Waals surface area (Å²) in [6, 6.07) is 5.54. The number of nitrogens with two attached hydrogens (primary N) is 1. The van der Waals surface area contributed by atoms with Crippen LogP contribution in [0.2, 0.25) is 0 Å². The fourth-order valence-corrected chi connectivity index (χ4v) is 1.42. The fraction of sp³-hybridized carbons (Fsp3) is 0.462. The molecular weight excluding hydrogens is 219 g/mol. The molecule has 0 aliphatic heterocycles. The molecule has 0 aromatic heterocycles. The summed E-state index contributed by atoms with van der Waals surface area (Å²) in [5, 5.41) is 2.75. The maximum Gasteiger partial charge on any atom is 0.237 e. The predicted molar refractivity (Wildman–Crippen MR) is 65.7 cm³/mol. The quantitative estimate of drug-likeness (QED) is 0.822. The second-order valence-corrected chi connectivity index (χ2v) is 4.26. The number of nitrogens with one attached hydrogen (secondary N) is 1. The van der Waals surface area contributed by atoms with Crippen LogP contribution >= 0.6 is 0 Å². The van der Waals surface area contributed by atoms with Gasteiger partial charge in [-0.05, 0) is 23.6 Å². The van der Waals surface area contributed by atoms with E-state index < -0.39 is 6.04 Å². The molecule has 1 amide bonds. The lowest BCUT2D eigenvalue weighted by Gasteiger charge is -2.17. The smallest absolute Gasteiger partial charge is 0.237 e. The van der Waals surface area contributed by atoms with Gasteiger partial charge in [0.2, 0.25) is 5.91 Å². The predicted octanol–water partition coefficient (Wildman–Crippen LogP) is 1.82. The first-order valence-electron chi connectivity index (χ1n) is 5.82. The maximum atomic E-state index is 12.7. The van der Waals surface area contributed by atoms with Crippen LogP contribution in [0.1, 0.15) is 25.8 Å². The molecule has 17 heavy (non-hydrogen) atoms. The minimum absolute atomic E-state index is 0.156. The Morgan fingerprint density at radius 3 is 2.53 bits per heavy atom. The first-order valence-corrected chi connectivity index (χ1v) is 5.82. The zero-order valence-electron chi connectivity index (χ0n) is 10.2. The number of halogens is 1.